The van der Waals surface area contributed by atoms with E-state index in [-0.39, 0.29) is 6.03 Å². The molecule has 0 spiro atoms. The zero-order valence-electron chi connectivity index (χ0n) is 10.4. The number of nitrogen functional groups attached to an aromatic ring is 1. The Kier molecular flexibility index (Phi) is 3.92. The number of hydrogen-bond donors (Lipinski definition) is 2. The van der Waals surface area contributed by atoms with Gasteiger partial charge in [0.1, 0.15) is 0 Å². The quantitative estimate of drug-likeness (QED) is 0.823. The van der Waals surface area contributed by atoms with Crippen molar-refractivity contribution in [3.05, 3.63) is 53.6 Å². The van der Waals surface area contributed by atoms with Crippen LogP contribution in [-0.2, 0) is 0 Å². The predicted molar refractivity (Wildman–Crippen MR) is 79.7 cm³/mol. The van der Waals surface area contributed by atoms with Crippen LogP contribution in [0.15, 0.2) is 48.5 Å². The molecule has 98 valence electrons. The van der Waals surface area contributed by atoms with Crippen molar-refractivity contribution in [3.63, 3.8) is 0 Å². The minimum Gasteiger partial charge on any atom is -0.397 e. The van der Waals surface area contributed by atoms with Gasteiger partial charge in [-0.15, -0.1) is 0 Å². The number of halogens is 1. The third-order valence-electron chi connectivity index (χ3n) is 2.70. The molecule has 0 radical (unpaired) electrons. The van der Waals surface area contributed by atoms with Crippen LogP contribution in [-0.4, -0.2) is 13.1 Å². The summed E-state index contributed by atoms with van der Waals surface area (Å²) in [4.78, 5) is 13.5. The second-order valence-electron chi connectivity index (χ2n) is 4.05. The summed E-state index contributed by atoms with van der Waals surface area (Å²) in [6.07, 6.45) is 0. The second kappa shape index (κ2) is 5.63. The molecule has 2 aromatic carbocycles. The van der Waals surface area contributed by atoms with Gasteiger partial charge >= 0.3 is 6.03 Å². The number of nitrogens with one attached hydrogen (secondary N) is 1. The van der Waals surface area contributed by atoms with Crippen molar-refractivity contribution in [2.24, 2.45) is 0 Å². The lowest BCUT2D eigenvalue weighted by Gasteiger charge is -2.19. The van der Waals surface area contributed by atoms with E-state index in [1.165, 1.54) is 4.90 Å². The van der Waals surface area contributed by atoms with Gasteiger partial charge in [-0.25, -0.2) is 4.79 Å². The molecule has 0 fully saturated rings. The Labute approximate surface area is 116 Å². The number of nitrogens with zero attached hydrogens (tertiary/aromatic N) is 1. The number of carbonyl (C=O) groups is 1. The number of nitrogens with two attached hydrogens (primary N) is 1. The smallest absolute Gasteiger partial charge is 0.326 e. The van der Waals surface area contributed by atoms with Gasteiger partial charge in [0.15, 0.2) is 0 Å². The summed E-state index contributed by atoms with van der Waals surface area (Å²) in [5.74, 6) is 0. The summed E-state index contributed by atoms with van der Waals surface area (Å²) in [5, 5.41) is 3.39. The van der Waals surface area contributed by atoms with Crippen LogP contribution in [0.5, 0.6) is 0 Å². The number of hydrogen-bond acceptors (Lipinski definition) is 2. The Hall–Kier alpha value is -2.20. The fourth-order valence-electron chi connectivity index (χ4n) is 1.64. The highest BCUT2D eigenvalue weighted by Crippen LogP contribution is 2.22. The van der Waals surface area contributed by atoms with Crippen LogP contribution in [0.3, 0.4) is 0 Å². The molecule has 0 saturated carbocycles. The summed E-state index contributed by atoms with van der Waals surface area (Å²) < 4.78 is 0. The number of carbonyl (C=O) groups excluding carboxylic acids is 1. The molecule has 0 atom stereocenters. The van der Waals surface area contributed by atoms with Crippen molar-refractivity contribution in [2.75, 3.05) is 23.0 Å². The molecule has 0 unspecified atom stereocenters. The van der Waals surface area contributed by atoms with Crippen molar-refractivity contribution < 1.29 is 4.79 Å². The molecule has 0 aliphatic heterocycles. The first-order valence-electron chi connectivity index (χ1n) is 5.72. The van der Waals surface area contributed by atoms with Crippen LogP contribution in [0, 0.1) is 0 Å². The molecule has 5 heteroatoms. The molecule has 0 aromatic heterocycles. The highest BCUT2D eigenvalue weighted by atomic mass is 35.5. The Balaban J connectivity index is 2.12. The topological polar surface area (TPSA) is 58.4 Å². The third kappa shape index (κ3) is 3.17. The van der Waals surface area contributed by atoms with Crippen LogP contribution in [0.25, 0.3) is 0 Å². The normalized spacial score (nSPS) is 10.0. The van der Waals surface area contributed by atoms with Crippen LogP contribution in [0.4, 0.5) is 21.9 Å². The number of benzene rings is 2. The SMILES string of the molecule is CN(C(=O)Nc1ccc(Cl)cc1)c1ccccc1N. The van der Waals surface area contributed by atoms with Crippen LogP contribution < -0.4 is 16.0 Å². The van der Waals surface area contributed by atoms with Gasteiger partial charge in [0, 0.05) is 17.8 Å². The maximum absolute atomic E-state index is 12.1. The minimum absolute atomic E-state index is 0.264. The summed E-state index contributed by atoms with van der Waals surface area (Å²) in [7, 11) is 1.66. The lowest BCUT2D eigenvalue weighted by Crippen LogP contribution is -2.31. The van der Waals surface area contributed by atoms with Gasteiger partial charge in [-0.1, -0.05) is 23.7 Å². The van der Waals surface area contributed by atoms with Crippen LogP contribution in [0.1, 0.15) is 0 Å². The highest BCUT2D eigenvalue weighted by molar-refractivity contribution is 6.30. The van der Waals surface area contributed by atoms with Crippen LogP contribution in [0.2, 0.25) is 5.02 Å². The van der Waals surface area contributed by atoms with E-state index in [1.807, 2.05) is 12.1 Å². The molecule has 0 aliphatic carbocycles. The number of rotatable bonds is 2. The van der Waals surface area contributed by atoms with Crippen molar-refractivity contribution in [1.82, 2.24) is 0 Å². The van der Waals surface area contributed by atoms with E-state index in [0.717, 1.165) is 0 Å². The summed E-state index contributed by atoms with van der Waals surface area (Å²) in [6.45, 7) is 0. The van der Waals surface area contributed by atoms with E-state index in [0.29, 0.717) is 22.1 Å². The predicted octanol–water partition coefficient (Wildman–Crippen LogP) is 3.59. The van der Waals surface area contributed by atoms with E-state index in [1.54, 1.807) is 43.4 Å². The number of anilines is 3. The lowest BCUT2D eigenvalue weighted by molar-refractivity contribution is 0.258. The van der Waals surface area contributed by atoms with Gasteiger partial charge in [-0.2, -0.15) is 0 Å². The summed E-state index contributed by atoms with van der Waals surface area (Å²) >= 11 is 5.79. The zero-order chi connectivity index (χ0) is 13.8. The number of urea groups is 1. The highest BCUT2D eigenvalue weighted by Gasteiger charge is 2.12. The third-order valence-corrected chi connectivity index (χ3v) is 2.95. The largest absolute Gasteiger partial charge is 0.397 e. The maximum atomic E-state index is 12.1. The zero-order valence-corrected chi connectivity index (χ0v) is 11.2. The first kappa shape index (κ1) is 13.2. The Morgan fingerprint density at radius 1 is 1.16 bits per heavy atom. The molecule has 2 amide bonds. The minimum atomic E-state index is -0.264. The van der Waals surface area contributed by atoms with Gasteiger partial charge in [-0.05, 0) is 36.4 Å². The molecule has 4 nitrogen and oxygen atoms in total. The van der Waals surface area contributed by atoms with Crippen molar-refractivity contribution >= 4 is 34.7 Å². The average Bonchev–Trinajstić information content (AvgIpc) is 2.41. The Bertz CT molecular complexity index is 583. The molecule has 0 bridgehead atoms. The van der Waals surface area contributed by atoms with Crippen molar-refractivity contribution in [2.45, 2.75) is 0 Å². The molecule has 0 aliphatic rings. The van der Waals surface area contributed by atoms with Crippen molar-refractivity contribution in [3.8, 4) is 0 Å². The Morgan fingerprint density at radius 3 is 2.42 bits per heavy atom. The molecule has 19 heavy (non-hydrogen) atoms. The fraction of sp³-hybridized carbons (Fsp3) is 0.0714. The lowest BCUT2D eigenvalue weighted by atomic mass is 10.2. The van der Waals surface area contributed by atoms with E-state index in [2.05, 4.69) is 5.32 Å². The second-order valence-corrected chi connectivity index (χ2v) is 4.49. The maximum Gasteiger partial charge on any atom is 0.326 e. The first-order chi connectivity index (χ1) is 9.08. The van der Waals surface area contributed by atoms with E-state index in [9.17, 15) is 4.79 Å². The van der Waals surface area contributed by atoms with Gasteiger partial charge in [0.2, 0.25) is 0 Å². The van der Waals surface area contributed by atoms with Gasteiger partial charge in [-0.3, -0.25) is 4.90 Å². The standard InChI is InChI=1S/C14H14ClN3O/c1-18(13-5-3-2-4-12(13)16)14(19)17-11-8-6-10(15)7-9-11/h2-9H,16H2,1H3,(H,17,19). The summed E-state index contributed by atoms with van der Waals surface area (Å²) in [6, 6.07) is 13.8. The van der Waals surface area contributed by atoms with Gasteiger partial charge < -0.3 is 11.1 Å². The molecule has 3 N–H and O–H groups in total. The molecule has 2 aromatic rings. The molecular formula is C14H14ClN3O. The molecule has 2 rings (SSSR count). The Morgan fingerprint density at radius 2 is 1.79 bits per heavy atom. The molecule has 0 heterocycles. The van der Waals surface area contributed by atoms with E-state index < -0.39 is 0 Å². The van der Waals surface area contributed by atoms with E-state index in [4.69, 9.17) is 17.3 Å². The van der Waals surface area contributed by atoms with Crippen LogP contribution >= 0.6 is 11.6 Å². The summed E-state index contributed by atoms with van der Waals surface area (Å²) in [5.41, 5.74) is 7.72. The monoisotopic (exact) mass is 275 g/mol. The fourth-order valence-corrected chi connectivity index (χ4v) is 1.77. The number of para-hydroxylation sites is 2. The number of amides is 2. The van der Waals surface area contributed by atoms with E-state index >= 15 is 0 Å². The van der Waals surface area contributed by atoms with Crippen molar-refractivity contribution in [1.29, 1.82) is 0 Å². The first-order valence-corrected chi connectivity index (χ1v) is 6.10. The average molecular weight is 276 g/mol. The molecule has 0 saturated heterocycles. The van der Waals surface area contributed by atoms with Gasteiger partial charge in [0.05, 0.1) is 11.4 Å². The molecular weight excluding hydrogens is 262 g/mol. The van der Waals surface area contributed by atoms with Gasteiger partial charge in [0.25, 0.3) is 0 Å².